The number of benzene rings is 1. The first-order valence-corrected chi connectivity index (χ1v) is 6.59. The number of nitro benzene ring substituents is 1. The molecule has 1 amide bonds. The number of methoxy groups -OCH3 is 1. The molecule has 1 aromatic carbocycles. The minimum atomic E-state index is -0.469. The Hall–Kier alpha value is -2.35. The van der Waals surface area contributed by atoms with Crippen LogP contribution in [0.25, 0.3) is 0 Å². The molecule has 0 saturated carbocycles. The monoisotopic (exact) mass is 294 g/mol. The Balaban J connectivity index is 2.39. The van der Waals surface area contributed by atoms with Crippen molar-refractivity contribution in [3.05, 3.63) is 28.3 Å². The summed E-state index contributed by atoms with van der Waals surface area (Å²) in [5.74, 6) is 0.265. The highest BCUT2D eigenvalue weighted by Gasteiger charge is 2.29. The second-order valence-corrected chi connectivity index (χ2v) is 4.67. The van der Waals surface area contributed by atoms with Gasteiger partial charge in [0.15, 0.2) is 0 Å². The van der Waals surface area contributed by atoms with E-state index in [1.165, 1.54) is 19.2 Å². The summed E-state index contributed by atoms with van der Waals surface area (Å²) in [4.78, 5) is 24.4. The van der Waals surface area contributed by atoms with Crippen molar-refractivity contribution >= 4 is 17.3 Å². The molecule has 2 N–H and O–H groups in total. The zero-order chi connectivity index (χ0) is 15.4. The fourth-order valence-electron chi connectivity index (χ4n) is 2.37. The van der Waals surface area contributed by atoms with Crippen molar-refractivity contribution in [1.82, 2.24) is 10.6 Å². The Morgan fingerprint density at radius 3 is 2.90 bits per heavy atom. The van der Waals surface area contributed by atoms with E-state index in [9.17, 15) is 14.9 Å². The van der Waals surface area contributed by atoms with Gasteiger partial charge in [-0.05, 0) is 0 Å². The number of nitrogens with zero attached hydrogens (tertiary/aromatic N) is 2. The van der Waals surface area contributed by atoms with Crippen LogP contribution in [0.3, 0.4) is 0 Å². The van der Waals surface area contributed by atoms with Gasteiger partial charge in [-0.15, -0.1) is 0 Å². The minimum absolute atomic E-state index is 0.0569. The van der Waals surface area contributed by atoms with Crippen molar-refractivity contribution in [3.8, 4) is 5.75 Å². The molecule has 2 rings (SSSR count). The summed E-state index contributed by atoms with van der Waals surface area (Å²) in [5, 5.41) is 16.8. The van der Waals surface area contributed by atoms with Gasteiger partial charge in [-0.25, -0.2) is 0 Å². The van der Waals surface area contributed by atoms with Crippen molar-refractivity contribution in [2.45, 2.75) is 6.04 Å². The van der Waals surface area contributed by atoms with E-state index in [1.807, 2.05) is 4.90 Å². The lowest BCUT2D eigenvalue weighted by molar-refractivity contribution is -0.384. The molecule has 0 bridgehead atoms. The van der Waals surface area contributed by atoms with Gasteiger partial charge in [-0.3, -0.25) is 14.9 Å². The Morgan fingerprint density at radius 2 is 2.29 bits per heavy atom. The average molecular weight is 294 g/mol. The normalized spacial score (nSPS) is 18.2. The van der Waals surface area contributed by atoms with Crippen LogP contribution in [0, 0.1) is 10.1 Å². The second-order valence-electron chi connectivity index (χ2n) is 4.67. The van der Waals surface area contributed by atoms with Gasteiger partial charge in [-0.1, -0.05) is 0 Å². The largest absolute Gasteiger partial charge is 0.496 e. The summed E-state index contributed by atoms with van der Waals surface area (Å²) in [5.41, 5.74) is 0.551. The molecule has 0 spiro atoms. The molecule has 1 aliphatic rings. The molecular formula is C13H18N4O4. The van der Waals surface area contributed by atoms with Gasteiger partial charge in [0.05, 0.1) is 18.1 Å². The molecule has 1 unspecified atom stereocenters. The first kappa shape index (κ1) is 15.0. The van der Waals surface area contributed by atoms with Crippen LogP contribution in [0.2, 0.25) is 0 Å². The second kappa shape index (κ2) is 6.40. The zero-order valence-corrected chi connectivity index (χ0v) is 12.0. The van der Waals surface area contributed by atoms with Crippen LogP contribution < -0.4 is 20.3 Å². The lowest BCUT2D eigenvalue weighted by Crippen LogP contribution is -2.57. The Morgan fingerprint density at radius 1 is 1.52 bits per heavy atom. The fraction of sp³-hybridized carbons (Fsp3) is 0.462. The summed E-state index contributed by atoms with van der Waals surface area (Å²) in [6, 6.07) is 4.12. The zero-order valence-electron chi connectivity index (χ0n) is 12.0. The quantitative estimate of drug-likeness (QED) is 0.605. The summed E-state index contributed by atoms with van der Waals surface area (Å²) in [6.45, 7) is 1.78. The Labute approximate surface area is 122 Å². The van der Waals surface area contributed by atoms with Crippen LogP contribution in [0.5, 0.6) is 5.75 Å². The highest BCUT2D eigenvalue weighted by molar-refractivity contribution is 5.86. The molecule has 1 aliphatic heterocycles. The third-order valence-corrected chi connectivity index (χ3v) is 3.45. The van der Waals surface area contributed by atoms with Crippen molar-refractivity contribution in [2.75, 3.05) is 38.7 Å². The third-order valence-electron chi connectivity index (χ3n) is 3.45. The molecule has 1 fully saturated rings. The molecule has 0 aliphatic carbocycles. The Bertz CT molecular complexity index is 549. The first-order chi connectivity index (χ1) is 10.1. The highest BCUT2D eigenvalue weighted by Crippen LogP contribution is 2.29. The van der Waals surface area contributed by atoms with Crippen LogP contribution in [0.4, 0.5) is 11.4 Å². The summed E-state index contributed by atoms with van der Waals surface area (Å²) in [6.07, 6.45) is 0. The number of anilines is 1. The maximum absolute atomic E-state index is 12.0. The molecule has 0 radical (unpaired) electrons. The maximum atomic E-state index is 12.0. The van der Waals surface area contributed by atoms with E-state index in [4.69, 9.17) is 4.74 Å². The molecule has 1 atom stereocenters. The maximum Gasteiger partial charge on any atom is 0.275 e. The van der Waals surface area contributed by atoms with Gasteiger partial charge < -0.3 is 20.3 Å². The van der Waals surface area contributed by atoms with E-state index in [1.54, 1.807) is 13.1 Å². The number of rotatable bonds is 4. The van der Waals surface area contributed by atoms with Gasteiger partial charge in [0.2, 0.25) is 5.91 Å². The SMILES string of the molecule is CNC(=O)C1CNCCN1c1cc(OC)cc([N+](=O)[O-])c1. The fourth-order valence-corrected chi connectivity index (χ4v) is 2.37. The molecule has 1 saturated heterocycles. The molecular weight excluding hydrogens is 276 g/mol. The summed E-state index contributed by atoms with van der Waals surface area (Å²) >= 11 is 0. The van der Waals surface area contributed by atoms with E-state index in [-0.39, 0.29) is 11.6 Å². The molecule has 1 aromatic rings. The number of non-ortho nitro benzene ring substituents is 1. The number of carbonyl (C=O) groups is 1. The van der Waals surface area contributed by atoms with Crippen molar-refractivity contribution < 1.29 is 14.5 Å². The third kappa shape index (κ3) is 3.22. The number of nitro groups is 1. The number of nitrogens with one attached hydrogen (secondary N) is 2. The molecule has 21 heavy (non-hydrogen) atoms. The van der Waals surface area contributed by atoms with E-state index in [2.05, 4.69) is 10.6 Å². The lowest BCUT2D eigenvalue weighted by atomic mass is 10.1. The number of likely N-dealkylation sites (N-methyl/N-ethyl adjacent to an activating group) is 1. The molecule has 114 valence electrons. The number of amides is 1. The van der Waals surface area contributed by atoms with E-state index >= 15 is 0 Å². The Kier molecular flexibility index (Phi) is 4.59. The van der Waals surface area contributed by atoms with Crippen LogP contribution in [-0.4, -0.2) is 50.7 Å². The van der Waals surface area contributed by atoms with Crippen molar-refractivity contribution in [2.24, 2.45) is 0 Å². The van der Waals surface area contributed by atoms with E-state index in [0.29, 0.717) is 31.1 Å². The minimum Gasteiger partial charge on any atom is -0.496 e. The van der Waals surface area contributed by atoms with Crippen LogP contribution >= 0.6 is 0 Å². The predicted molar refractivity (Wildman–Crippen MR) is 77.7 cm³/mol. The number of piperazine rings is 1. The van der Waals surface area contributed by atoms with Gasteiger partial charge in [0.1, 0.15) is 11.8 Å². The number of hydrogen-bond donors (Lipinski definition) is 2. The summed E-state index contributed by atoms with van der Waals surface area (Å²) < 4.78 is 5.11. The smallest absolute Gasteiger partial charge is 0.275 e. The first-order valence-electron chi connectivity index (χ1n) is 6.59. The van der Waals surface area contributed by atoms with Gasteiger partial charge in [0.25, 0.3) is 5.69 Å². The average Bonchev–Trinajstić information content (AvgIpc) is 2.53. The van der Waals surface area contributed by atoms with E-state index < -0.39 is 11.0 Å². The van der Waals surface area contributed by atoms with Gasteiger partial charge >= 0.3 is 0 Å². The van der Waals surface area contributed by atoms with Crippen LogP contribution in [0.15, 0.2) is 18.2 Å². The molecule has 0 aromatic heterocycles. The summed E-state index contributed by atoms with van der Waals surface area (Å²) in [7, 11) is 3.03. The standard InChI is InChI=1S/C13H18N4O4/c1-14-13(18)12-8-15-3-4-16(12)9-5-10(17(19)20)7-11(6-9)21-2/h5-7,12,15H,3-4,8H2,1-2H3,(H,14,18). The topological polar surface area (TPSA) is 96.7 Å². The number of hydrogen-bond acceptors (Lipinski definition) is 6. The molecule has 8 heteroatoms. The van der Waals surface area contributed by atoms with E-state index in [0.717, 1.165) is 0 Å². The van der Waals surface area contributed by atoms with Crippen molar-refractivity contribution in [1.29, 1.82) is 0 Å². The van der Waals surface area contributed by atoms with Crippen LogP contribution in [0.1, 0.15) is 0 Å². The van der Waals surface area contributed by atoms with Gasteiger partial charge in [-0.2, -0.15) is 0 Å². The molecule has 1 heterocycles. The van der Waals surface area contributed by atoms with Crippen LogP contribution in [-0.2, 0) is 4.79 Å². The lowest BCUT2D eigenvalue weighted by Gasteiger charge is -2.36. The highest BCUT2D eigenvalue weighted by atomic mass is 16.6. The predicted octanol–water partition coefficient (Wildman–Crippen LogP) is 0.128. The molecule has 8 nitrogen and oxygen atoms in total. The van der Waals surface area contributed by atoms with Crippen molar-refractivity contribution in [3.63, 3.8) is 0 Å². The number of ether oxygens (including phenoxy) is 1. The van der Waals surface area contributed by atoms with Gasteiger partial charge in [0, 0.05) is 44.5 Å². The number of carbonyl (C=O) groups excluding carboxylic acids is 1.